The molecule has 0 unspecified atom stereocenters. The van der Waals surface area contributed by atoms with Crippen molar-refractivity contribution in [2.75, 3.05) is 5.32 Å². The van der Waals surface area contributed by atoms with Gasteiger partial charge < -0.3 is 9.84 Å². The predicted octanol–water partition coefficient (Wildman–Crippen LogP) is 3.27. The molecule has 1 aromatic carbocycles. The number of aryl methyl sites for hydroxylation is 1. The lowest BCUT2D eigenvalue weighted by Crippen LogP contribution is -2.01. The first-order valence-electron chi connectivity index (χ1n) is 5.16. The normalized spacial score (nSPS) is 10.3. The van der Waals surface area contributed by atoms with Crippen LogP contribution in [0.25, 0.3) is 0 Å². The molecular weight excluding hydrogens is 302 g/mol. The maximum Gasteiger partial charge on any atom is 0.273 e. The Morgan fingerprint density at radius 1 is 1.56 bits per heavy atom. The van der Waals surface area contributed by atoms with Gasteiger partial charge in [-0.25, -0.2) is 0 Å². The number of halogens is 1. The van der Waals surface area contributed by atoms with Gasteiger partial charge in [0.2, 0.25) is 0 Å². The molecule has 0 aliphatic heterocycles. The lowest BCUT2D eigenvalue weighted by molar-refractivity contribution is -0.385. The summed E-state index contributed by atoms with van der Waals surface area (Å²) in [6.45, 7) is 2.17. The fourth-order valence-corrected chi connectivity index (χ4v) is 1.99. The van der Waals surface area contributed by atoms with E-state index in [9.17, 15) is 10.1 Å². The fraction of sp³-hybridized carbons (Fsp3) is 0.182. The van der Waals surface area contributed by atoms with E-state index < -0.39 is 4.92 Å². The van der Waals surface area contributed by atoms with Gasteiger partial charge in [0.05, 0.1) is 17.7 Å². The highest BCUT2D eigenvalue weighted by Gasteiger charge is 2.14. The molecule has 7 heteroatoms. The van der Waals surface area contributed by atoms with Crippen molar-refractivity contribution in [1.82, 2.24) is 5.16 Å². The average Bonchev–Trinajstić information content (AvgIpc) is 2.82. The van der Waals surface area contributed by atoms with E-state index in [1.807, 2.05) is 0 Å². The van der Waals surface area contributed by atoms with Crippen molar-refractivity contribution in [1.29, 1.82) is 0 Å². The van der Waals surface area contributed by atoms with Crippen LogP contribution < -0.4 is 5.32 Å². The minimum absolute atomic E-state index is 0.0899. The summed E-state index contributed by atoms with van der Waals surface area (Å²) >= 11 is 3.30. The van der Waals surface area contributed by atoms with E-state index in [-0.39, 0.29) is 5.69 Å². The maximum atomic E-state index is 10.8. The molecule has 0 aliphatic carbocycles. The SMILES string of the molecule is Cc1cc(NCc2ccno2)c(Br)cc1[N+](=O)[O-]. The first kappa shape index (κ1) is 12.6. The summed E-state index contributed by atoms with van der Waals surface area (Å²) in [5.74, 6) is 0.693. The molecule has 0 fully saturated rings. The monoisotopic (exact) mass is 311 g/mol. The first-order valence-corrected chi connectivity index (χ1v) is 5.95. The quantitative estimate of drug-likeness (QED) is 0.692. The van der Waals surface area contributed by atoms with Crippen molar-refractivity contribution >= 4 is 27.3 Å². The third kappa shape index (κ3) is 2.67. The van der Waals surface area contributed by atoms with Crippen molar-refractivity contribution in [3.05, 3.63) is 50.3 Å². The molecule has 94 valence electrons. The zero-order valence-corrected chi connectivity index (χ0v) is 11.1. The smallest absolute Gasteiger partial charge is 0.273 e. The number of rotatable bonds is 4. The molecule has 0 bridgehead atoms. The Kier molecular flexibility index (Phi) is 3.61. The molecular formula is C11H10BrN3O3. The zero-order valence-electron chi connectivity index (χ0n) is 9.51. The number of nitro groups is 1. The van der Waals surface area contributed by atoms with E-state index in [0.717, 1.165) is 5.69 Å². The lowest BCUT2D eigenvalue weighted by Gasteiger charge is -2.08. The number of benzene rings is 1. The highest BCUT2D eigenvalue weighted by molar-refractivity contribution is 9.10. The number of hydrogen-bond acceptors (Lipinski definition) is 5. The van der Waals surface area contributed by atoms with Crippen molar-refractivity contribution < 1.29 is 9.45 Å². The van der Waals surface area contributed by atoms with Crippen LogP contribution in [0.2, 0.25) is 0 Å². The van der Waals surface area contributed by atoms with Crippen LogP contribution in [0.4, 0.5) is 11.4 Å². The molecule has 0 aliphatic rings. The van der Waals surface area contributed by atoms with Crippen molar-refractivity contribution in [3.63, 3.8) is 0 Å². The largest absolute Gasteiger partial charge is 0.377 e. The van der Waals surface area contributed by atoms with E-state index in [1.54, 1.807) is 25.3 Å². The van der Waals surface area contributed by atoms with Gasteiger partial charge in [0.25, 0.3) is 5.69 Å². The minimum atomic E-state index is -0.402. The summed E-state index contributed by atoms with van der Waals surface area (Å²) in [5.41, 5.74) is 1.46. The molecule has 1 heterocycles. The molecule has 2 aromatic rings. The van der Waals surface area contributed by atoms with Crippen LogP contribution in [-0.4, -0.2) is 10.1 Å². The molecule has 0 atom stereocenters. The second-order valence-corrected chi connectivity index (χ2v) is 4.56. The highest BCUT2D eigenvalue weighted by Crippen LogP contribution is 2.30. The number of aromatic nitrogens is 1. The first-order chi connectivity index (χ1) is 8.58. The summed E-state index contributed by atoms with van der Waals surface area (Å²) in [7, 11) is 0. The Hall–Kier alpha value is -1.89. The molecule has 0 saturated carbocycles. The summed E-state index contributed by atoms with van der Waals surface area (Å²) in [4.78, 5) is 10.4. The second-order valence-electron chi connectivity index (χ2n) is 3.71. The Morgan fingerprint density at radius 3 is 2.94 bits per heavy atom. The molecule has 6 nitrogen and oxygen atoms in total. The van der Waals surface area contributed by atoms with Crippen molar-refractivity contribution in [2.24, 2.45) is 0 Å². The summed E-state index contributed by atoms with van der Waals surface area (Å²) < 4.78 is 5.59. The molecule has 0 radical (unpaired) electrons. The third-order valence-electron chi connectivity index (χ3n) is 2.43. The van der Waals surface area contributed by atoms with Crippen molar-refractivity contribution in [3.8, 4) is 0 Å². The summed E-state index contributed by atoms with van der Waals surface area (Å²) in [5, 5.41) is 17.5. The topological polar surface area (TPSA) is 81.2 Å². The molecule has 0 saturated heterocycles. The fourth-order valence-electron chi connectivity index (χ4n) is 1.52. The molecule has 0 amide bonds. The van der Waals surface area contributed by atoms with E-state index >= 15 is 0 Å². The Labute approximate surface area is 111 Å². The van der Waals surface area contributed by atoms with Crippen LogP contribution in [-0.2, 0) is 6.54 Å². The maximum absolute atomic E-state index is 10.8. The number of anilines is 1. The van der Waals surface area contributed by atoms with Gasteiger partial charge in [0.15, 0.2) is 5.76 Å². The van der Waals surface area contributed by atoms with Gasteiger partial charge in [0, 0.05) is 27.9 Å². The van der Waals surface area contributed by atoms with Crippen LogP contribution in [0.15, 0.2) is 33.4 Å². The standard InChI is InChI=1S/C11H10BrN3O3/c1-7-4-10(9(12)5-11(7)15(16)17)13-6-8-2-3-14-18-8/h2-5,13H,6H2,1H3. The van der Waals surface area contributed by atoms with Crippen LogP contribution >= 0.6 is 15.9 Å². The average molecular weight is 312 g/mol. The number of nitrogens with zero attached hydrogens (tertiary/aromatic N) is 2. The van der Waals surface area contributed by atoms with E-state index in [4.69, 9.17) is 4.52 Å². The molecule has 1 aromatic heterocycles. The van der Waals surface area contributed by atoms with Gasteiger partial charge in [-0.05, 0) is 28.9 Å². The number of hydrogen-bond donors (Lipinski definition) is 1. The van der Waals surface area contributed by atoms with Crippen LogP contribution in [0.5, 0.6) is 0 Å². The predicted molar refractivity (Wildman–Crippen MR) is 69.4 cm³/mol. The van der Waals surface area contributed by atoms with Gasteiger partial charge in [-0.15, -0.1) is 0 Å². The van der Waals surface area contributed by atoms with Crippen LogP contribution in [0.3, 0.4) is 0 Å². The van der Waals surface area contributed by atoms with Gasteiger partial charge in [-0.1, -0.05) is 5.16 Å². The Morgan fingerprint density at radius 2 is 2.33 bits per heavy atom. The zero-order chi connectivity index (χ0) is 13.1. The summed E-state index contributed by atoms with van der Waals surface area (Å²) in [6.07, 6.45) is 1.56. The Balaban J connectivity index is 2.19. The van der Waals surface area contributed by atoms with Gasteiger partial charge in [0.1, 0.15) is 0 Å². The van der Waals surface area contributed by atoms with E-state index in [1.165, 1.54) is 6.07 Å². The van der Waals surface area contributed by atoms with Crippen LogP contribution in [0, 0.1) is 17.0 Å². The second kappa shape index (κ2) is 5.18. The van der Waals surface area contributed by atoms with E-state index in [2.05, 4.69) is 26.4 Å². The van der Waals surface area contributed by atoms with Crippen molar-refractivity contribution in [2.45, 2.75) is 13.5 Å². The molecule has 1 N–H and O–H groups in total. The molecule has 18 heavy (non-hydrogen) atoms. The summed E-state index contributed by atoms with van der Waals surface area (Å²) in [6, 6.07) is 4.95. The highest BCUT2D eigenvalue weighted by atomic mass is 79.9. The lowest BCUT2D eigenvalue weighted by atomic mass is 10.2. The molecule has 2 rings (SSSR count). The number of nitrogens with one attached hydrogen (secondary N) is 1. The molecule has 0 spiro atoms. The number of nitro benzene ring substituents is 1. The van der Waals surface area contributed by atoms with E-state index in [0.29, 0.717) is 22.3 Å². The van der Waals surface area contributed by atoms with Gasteiger partial charge in [-0.2, -0.15) is 0 Å². The Bertz CT molecular complexity index is 569. The van der Waals surface area contributed by atoms with Gasteiger partial charge >= 0.3 is 0 Å². The third-order valence-corrected chi connectivity index (χ3v) is 3.08. The minimum Gasteiger partial charge on any atom is -0.377 e. The van der Waals surface area contributed by atoms with Crippen LogP contribution in [0.1, 0.15) is 11.3 Å². The van der Waals surface area contributed by atoms with Gasteiger partial charge in [-0.3, -0.25) is 10.1 Å².